The Balaban J connectivity index is 1.58. The van der Waals surface area contributed by atoms with Crippen LogP contribution < -0.4 is 5.32 Å². The number of piperidine rings is 1. The Labute approximate surface area is 161 Å². The third kappa shape index (κ3) is 5.05. The van der Waals surface area contributed by atoms with E-state index in [4.69, 9.17) is 11.6 Å². The Hall–Kier alpha value is -2.44. The van der Waals surface area contributed by atoms with Crippen molar-refractivity contribution in [3.05, 3.63) is 64.4 Å². The van der Waals surface area contributed by atoms with Crippen molar-refractivity contribution in [2.75, 3.05) is 18.4 Å². The predicted molar refractivity (Wildman–Crippen MR) is 101 cm³/mol. The summed E-state index contributed by atoms with van der Waals surface area (Å²) >= 11 is 5.90. The van der Waals surface area contributed by atoms with Crippen LogP contribution in [0.5, 0.6) is 0 Å². The maximum absolute atomic E-state index is 13.1. The minimum atomic E-state index is -0.506. The summed E-state index contributed by atoms with van der Waals surface area (Å²) < 4.78 is 13.1. The van der Waals surface area contributed by atoms with Gasteiger partial charge >= 0.3 is 0 Å². The van der Waals surface area contributed by atoms with Gasteiger partial charge in [-0.05, 0) is 48.7 Å². The van der Waals surface area contributed by atoms with E-state index in [1.54, 1.807) is 29.2 Å². The zero-order valence-electron chi connectivity index (χ0n) is 14.6. The molecule has 2 aromatic rings. The molecule has 27 heavy (non-hydrogen) atoms. The molecule has 0 radical (unpaired) electrons. The molecular weight excluding hydrogens is 371 g/mol. The molecule has 1 aliphatic heterocycles. The molecule has 0 saturated carbocycles. The normalized spacial score (nSPS) is 14.9. The molecule has 5 nitrogen and oxygen atoms in total. The second kappa shape index (κ2) is 8.50. The molecule has 1 aliphatic rings. The van der Waals surface area contributed by atoms with Crippen molar-refractivity contribution in [3.8, 4) is 0 Å². The fraction of sp³-hybridized carbons (Fsp3) is 0.300. The van der Waals surface area contributed by atoms with Gasteiger partial charge in [-0.25, -0.2) is 4.39 Å². The number of nitrogens with zero attached hydrogens (tertiary/aromatic N) is 1. The zero-order valence-corrected chi connectivity index (χ0v) is 15.4. The van der Waals surface area contributed by atoms with Gasteiger partial charge in [-0.1, -0.05) is 23.7 Å². The quantitative estimate of drug-likeness (QED) is 0.841. The first kappa shape index (κ1) is 19.3. The van der Waals surface area contributed by atoms with E-state index in [2.05, 4.69) is 5.32 Å². The molecule has 1 heterocycles. The minimum Gasteiger partial charge on any atom is -0.393 e. The van der Waals surface area contributed by atoms with E-state index >= 15 is 0 Å². The summed E-state index contributed by atoms with van der Waals surface area (Å²) in [6, 6.07) is 10.6. The molecule has 0 bridgehead atoms. The Morgan fingerprint density at radius 1 is 1.15 bits per heavy atom. The second-order valence-corrected chi connectivity index (χ2v) is 6.97. The average Bonchev–Trinajstić information content (AvgIpc) is 2.63. The topological polar surface area (TPSA) is 69.6 Å². The fourth-order valence-electron chi connectivity index (χ4n) is 2.98. The molecule has 1 fully saturated rings. The SMILES string of the molecule is O=C(Nc1ccc(CC(=O)N2CCC(O)CC2)cc1)c1ccc(F)cc1Cl. The number of amides is 2. The van der Waals surface area contributed by atoms with Crippen molar-refractivity contribution in [2.24, 2.45) is 0 Å². The van der Waals surface area contributed by atoms with Gasteiger partial charge in [-0.3, -0.25) is 9.59 Å². The lowest BCUT2D eigenvalue weighted by molar-refractivity contribution is -0.132. The number of likely N-dealkylation sites (tertiary alicyclic amines) is 1. The van der Waals surface area contributed by atoms with Crippen molar-refractivity contribution in [2.45, 2.75) is 25.4 Å². The van der Waals surface area contributed by atoms with Crippen LogP contribution in [0.1, 0.15) is 28.8 Å². The number of anilines is 1. The maximum Gasteiger partial charge on any atom is 0.257 e. The van der Waals surface area contributed by atoms with Crippen LogP contribution in [-0.4, -0.2) is 41.0 Å². The first-order valence-corrected chi connectivity index (χ1v) is 9.11. The summed E-state index contributed by atoms with van der Waals surface area (Å²) in [4.78, 5) is 26.3. The maximum atomic E-state index is 13.1. The molecule has 0 spiro atoms. The van der Waals surface area contributed by atoms with Crippen LogP contribution >= 0.6 is 11.6 Å². The van der Waals surface area contributed by atoms with Gasteiger partial charge in [0, 0.05) is 18.8 Å². The first-order valence-electron chi connectivity index (χ1n) is 8.73. The highest BCUT2D eigenvalue weighted by molar-refractivity contribution is 6.34. The molecule has 0 atom stereocenters. The monoisotopic (exact) mass is 390 g/mol. The van der Waals surface area contributed by atoms with E-state index in [9.17, 15) is 19.1 Å². The van der Waals surface area contributed by atoms with Gasteiger partial charge in [-0.2, -0.15) is 0 Å². The lowest BCUT2D eigenvalue weighted by atomic mass is 10.1. The Morgan fingerprint density at radius 2 is 1.81 bits per heavy atom. The van der Waals surface area contributed by atoms with Crippen molar-refractivity contribution in [1.82, 2.24) is 4.90 Å². The number of benzene rings is 2. The summed E-state index contributed by atoms with van der Waals surface area (Å²) in [6.07, 6.45) is 1.19. The molecule has 142 valence electrons. The van der Waals surface area contributed by atoms with E-state index in [0.717, 1.165) is 11.6 Å². The van der Waals surface area contributed by atoms with Crippen molar-refractivity contribution in [1.29, 1.82) is 0 Å². The molecule has 1 saturated heterocycles. The third-order valence-electron chi connectivity index (χ3n) is 4.56. The van der Waals surface area contributed by atoms with E-state index in [1.807, 2.05) is 0 Å². The van der Waals surface area contributed by atoms with Gasteiger partial charge in [0.2, 0.25) is 5.91 Å². The molecule has 3 rings (SSSR count). The van der Waals surface area contributed by atoms with E-state index in [-0.39, 0.29) is 29.0 Å². The number of nitrogens with one attached hydrogen (secondary N) is 1. The standard InChI is InChI=1S/C20H20ClFN2O3/c21-18-12-14(22)3-6-17(18)20(27)23-15-4-1-13(2-5-15)11-19(26)24-9-7-16(25)8-10-24/h1-6,12,16,25H,7-11H2,(H,23,27). The molecule has 2 N–H and O–H groups in total. The van der Waals surface area contributed by atoms with Gasteiger partial charge in [0.15, 0.2) is 0 Å². The van der Waals surface area contributed by atoms with Crippen LogP contribution in [0.15, 0.2) is 42.5 Å². The van der Waals surface area contributed by atoms with Crippen LogP contribution in [0.2, 0.25) is 5.02 Å². The molecule has 0 unspecified atom stereocenters. The average molecular weight is 391 g/mol. The van der Waals surface area contributed by atoms with Crippen LogP contribution in [0.4, 0.5) is 10.1 Å². The van der Waals surface area contributed by atoms with Crippen LogP contribution in [0.3, 0.4) is 0 Å². The molecule has 2 amide bonds. The first-order chi connectivity index (χ1) is 12.9. The highest BCUT2D eigenvalue weighted by atomic mass is 35.5. The van der Waals surface area contributed by atoms with E-state index < -0.39 is 11.7 Å². The predicted octanol–water partition coefficient (Wildman–Crippen LogP) is 3.26. The molecule has 0 aliphatic carbocycles. The number of carbonyl (C=O) groups is 2. The fourth-order valence-corrected chi connectivity index (χ4v) is 3.23. The zero-order chi connectivity index (χ0) is 19.4. The molecular formula is C20H20ClFN2O3. The van der Waals surface area contributed by atoms with Gasteiger partial charge < -0.3 is 15.3 Å². The number of rotatable bonds is 4. The Kier molecular flexibility index (Phi) is 6.08. The Morgan fingerprint density at radius 3 is 2.44 bits per heavy atom. The number of carbonyl (C=O) groups excluding carboxylic acids is 2. The molecule has 2 aromatic carbocycles. The van der Waals surface area contributed by atoms with Crippen LogP contribution in [-0.2, 0) is 11.2 Å². The van der Waals surface area contributed by atoms with Crippen molar-refractivity contribution >= 4 is 29.1 Å². The lowest BCUT2D eigenvalue weighted by Crippen LogP contribution is -2.40. The number of hydrogen-bond donors (Lipinski definition) is 2. The summed E-state index contributed by atoms with van der Waals surface area (Å²) in [5, 5.41) is 12.3. The van der Waals surface area contributed by atoms with E-state index in [1.165, 1.54) is 12.1 Å². The largest absolute Gasteiger partial charge is 0.393 e. The van der Waals surface area contributed by atoms with Crippen LogP contribution in [0, 0.1) is 5.82 Å². The van der Waals surface area contributed by atoms with E-state index in [0.29, 0.717) is 31.6 Å². The highest BCUT2D eigenvalue weighted by Crippen LogP contribution is 2.20. The number of aliphatic hydroxyl groups is 1. The second-order valence-electron chi connectivity index (χ2n) is 6.56. The van der Waals surface area contributed by atoms with Crippen molar-refractivity contribution < 1.29 is 19.1 Å². The summed E-state index contributed by atoms with van der Waals surface area (Å²) in [7, 11) is 0. The smallest absolute Gasteiger partial charge is 0.257 e. The summed E-state index contributed by atoms with van der Waals surface area (Å²) in [5.41, 5.74) is 1.58. The van der Waals surface area contributed by atoms with Crippen molar-refractivity contribution in [3.63, 3.8) is 0 Å². The van der Waals surface area contributed by atoms with Gasteiger partial charge in [0.05, 0.1) is 23.1 Å². The van der Waals surface area contributed by atoms with Gasteiger partial charge in [0.25, 0.3) is 5.91 Å². The minimum absolute atomic E-state index is 0.0248. The number of halogens is 2. The third-order valence-corrected chi connectivity index (χ3v) is 4.87. The highest BCUT2D eigenvalue weighted by Gasteiger charge is 2.21. The molecule has 0 aromatic heterocycles. The van der Waals surface area contributed by atoms with Crippen LogP contribution in [0.25, 0.3) is 0 Å². The van der Waals surface area contributed by atoms with Gasteiger partial charge in [0.1, 0.15) is 5.82 Å². The van der Waals surface area contributed by atoms with Gasteiger partial charge in [-0.15, -0.1) is 0 Å². The summed E-state index contributed by atoms with van der Waals surface area (Å²) in [6.45, 7) is 1.15. The lowest BCUT2D eigenvalue weighted by Gasteiger charge is -2.29. The number of hydrogen-bond acceptors (Lipinski definition) is 3. The summed E-state index contributed by atoms with van der Waals surface area (Å²) in [5.74, 6) is -0.915. The molecule has 7 heteroatoms. The number of aliphatic hydroxyl groups excluding tert-OH is 1. The Bertz CT molecular complexity index is 834.